The molecule has 0 aromatic heterocycles. The van der Waals surface area contributed by atoms with E-state index in [-0.39, 0.29) is 41.0 Å². The number of non-ortho nitro benzene ring substituents is 1. The Morgan fingerprint density at radius 1 is 1.22 bits per heavy atom. The van der Waals surface area contributed by atoms with Crippen molar-refractivity contribution in [2.24, 2.45) is 0 Å². The molecular formula is C10H11N2NaO5. The normalized spacial score (nSPS) is 11.4. The molecule has 18 heavy (non-hydrogen) atoms. The maximum absolute atomic E-state index is 11.7. The number of benzene rings is 1. The molecule has 0 amide bonds. The van der Waals surface area contributed by atoms with Crippen LogP contribution < -0.4 is 34.7 Å². The molecule has 0 spiro atoms. The summed E-state index contributed by atoms with van der Waals surface area (Å²) < 4.78 is 0. The summed E-state index contributed by atoms with van der Waals surface area (Å²) >= 11 is 0. The number of hydrogen-bond acceptors (Lipinski definition) is 5. The number of nitro groups is 2. The molecule has 0 fully saturated rings. The number of nitro benzene ring substituents is 2. The van der Waals surface area contributed by atoms with Gasteiger partial charge in [-0.3, -0.25) is 20.2 Å². The first kappa shape index (κ1) is 16.8. The van der Waals surface area contributed by atoms with Crippen molar-refractivity contribution in [3.8, 4) is 5.75 Å². The average molecular weight is 262 g/mol. The molecule has 1 unspecified atom stereocenters. The summed E-state index contributed by atoms with van der Waals surface area (Å²) in [5.41, 5.74) is -1.05. The molecule has 1 atom stereocenters. The quantitative estimate of drug-likeness (QED) is 0.396. The first-order valence-corrected chi connectivity index (χ1v) is 5.02. The van der Waals surface area contributed by atoms with Gasteiger partial charge in [-0.1, -0.05) is 13.8 Å². The molecule has 0 aliphatic rings. The van der Waals surface area contributed by atoms with Crippen molar-refractivity contribution in [2.45, 2.75) is 26.2 Å². The predicted octanol–water partition coefficient (Wildman–Crippen LogP) is -0.906. The Balaban J connectivity index is 0.00000289. The minimum Gasteiger partial charge on any atom is -0.868 e. The fourth-order valence-electron chi connectivity index (χ4n) is 1.45. The van der Waals surface area contributed by atoms with Gasteiger partial charge in [0, 0.05) is 6.07 Å². The average Bonchev–Trinajstić information content (AvgIpc) is 2.27. The summed E-state index contributed by atoms with van der Waals surface area (Å²) in [5, 5.41) is 33.0. The SMILES string of the molecule is CCC(C)c1cc([N+](=O)[O-])cc([N+](=O)[O-])c1[O-].[Na+]. The van der Waals surface area contributed by atoms with Gasteiger partial charge in [0.25, 0.3) is 11.4 Å². The van der Waals surface area contributed by atoms with Crippen molar-refractivity contribution in [1.82, 2.24) is 0 Å². The molecule has 0 heterocycles. The van der Waals surface area contributed by atoms with E-state index in [2.05, 4.69) is 0 Å². The van der Waals surface area contributed by atoms with Crippen LogP contribution in [0.2, 0.25) is 0 Å². The molecule has 1 aromatic carbocycles. The Hall–Kier alpha value is -1.18. The molecule has 0 bridgehead atoms. The zero-order chi connectivity index (χ0) is 13.2. The third-order valence-corrected chi connectivity index (χ3v) is 2.63. The van der Waals surface area contributed by atoms with Crippen LogP contribution in [0.1, 0.15) is 31.7 Å². The van der Waals surface area contributed by atoms with Crippen LogP contribution >= 0.6 is 0 Å². The van der Waals surface area contributed by atoms with Crippen molar-refractivity contribution in [1.29, 1.82) is 0 Å². The van der Waals surface area contributed by atoms with E-state index in [1.54, 1.807) is 13.8 Å². The van der Waals surface area contributed by atoms with Gasteiger partial charge < -0.3 is 5.11 Å². The van der Waals surface area contributed by atoms with Crippen LogP contribution in [0.25, 0.3) is 0 Å². The summed E-state index contributed by atoms with van der Waals surface area (Å²) in [6, 6.07) is 1.82. The molecule has 0 radical (unpaired) electrons. The predicted molar refractivity (Wildman–Crippen MR) is 57.9 cm³/mol. The van der Waals surface area contributed by atoms with Crippen LogP contribution in [-0.4, -0.2) is 9.85 Å². The summed E-state index contributed by atoms with van der Waals surface area (Å²) in [6.45, 7) is 3.50. The monoisotopic (exact) mass is 262 g/mol. The van der Waals surface area contributed by atoms with Gasteiger partial charge in [0.2, 0.25) is 0 Å². The third-order valence-electron chi connectivity index (χ3n) is 2.63. The first-order chi connectivity index (χ1) is 7.88. The maximum atomic E-state index is 11.7. The van der Waals surface area contributed by atoms with E-state index in [0.717, 1.165) is 6.07 Å². The zero-order valence-electron chi connectivity index (χ0n) is 10.4. The molecule has 1 aromatic rings. The van der Waals surface area contributed by atoms with Crippen molar-refractivity contribution in [2.75, 3.05) is 0 Å². The second kappa shape index (κ2) is 6.67. The Bertz CT molecular complexity index is 478. The van der Waals surface area contributed by atoms with Gasteiger partial charge in [-0.25, -0.2) is 0 Å². The van der Waals surface area contributed by atoms with E-state index in [9.17, 15) is 25.3 Å². The van der Waals surface area contributed by atoms with Gasteiger partial charge in [0.15, 0.2) is 0 Å². The summed E-state index contributed by atoms with van der Waals surface area (Å²) in [7, 11) is 0. The van der Waals surface area contributed by atoms with Crippen molar-refractivity contribution in [3.05, 3.63) is 37.9 Å². The van der Waals surface area contributed by atoms with Crippen molar-refractivity contribution < 1.29 is 44.5 Å². The van der Waals surface area contributed by atoms with Crippen LogP contribution in [0, 0.1) is 20.2 Å². The Morgan fingerprint density at radius 3 is 2.17 bits per heavy atom. The van der Waals surface area contributed by atoms with Crippen LogP contribution in [0.4, 0.5) is 11.4 Å². The molecule has 92 valence electrons. The fraction of sp³-hybridized carbons (Fsp3) is 0.400. The molecule has 0 aliphatic heterocycles. The van der Waals surface area contributed by atoms with Crippen LogP contribution in [0.3, 0.4) is 0 Å². The molecule has 7 nitrogen and oxygen atoms in total. The molecule has 0 aliphatic carbocycles. The molecule has 0 saturated heterocycles. The van der Waals surface area contributed by atoms with Crippen LogP contribution in [0.5, 0.6) is 5.75 Å². The van der Waals surface area contributed by atoms with Gasteiger partial charge in [0.05, 0.1) is 15.9 Å². The van der Waals surface area contributed by atoms with Gasteiger partial charge in [-0.05, 0) is 23.7 Å². The Kier molecular flexibility index (Phi) is 6.23. The standard InChI is InChI=1S/C10H12N2O5.Na/c1-3-6(2)8-4-7(11(14)15)5-9(10(8)13)12(16)17;/h4-6,13H,3H2,1-2H3;/q;+1/p-1. The van der Waals surface area contributed by atoms with E-state index in [0.29, 0.717) is 12.5 Å². The van der Waals surface area contributed by atoms with E-state index in [4.69, 9.17) is 0 Å². The van der Waals surface area contributed by atoms with Gasteiger partial charge >= 0.3 is 29.6 Å². The molecular weight excluding hydrogens is 251 g/mol. The van der Waals surface area contributed by atoms with E-state index in [1.165, 1.54) is 0 Å². The van der Waals surface area contributed by atoms with Gasteiger partial charge in [0.1, 0.15) is 0 Å². The van der Waals surface area contributed by atoms with Crippen LogP contribution in [0.15, 0.2) is 12.1 Å². The zero-order valence-corrected chi connectivity index (χ0v) is 12.4. The fourth-order valence-corrected chi connectivity index (χ4v) is 1.45. The summed E-state index contributed by atoms with van der Waals surface area (Å²) in [5.74, 6) is -0.990. The minimum atomic E-state index is -0.888. The van der Waals surface area contributed by atoms with E-state index in [1.807, 2.05) is 0 Å². The molecule has 0 saturated carbocycles. The van der Waals surface area contributed by atoms with E-state index < -0.39 is 27.0 Å². The second-order valence-electron chi connectivity index (χ2n) is 3.71. The third kappa shape index (κ3) is 3.41. The largest absolute Gasteiger partial charge is 1.00 e. The van der Waals surface area contributed by atoms with Gasteiger partial charge in [-0.15, -0.1) is 0 Å². The van der Waals surface area contributed by atoms with Crippen LogP contribution in [-0.2, 0) is 0 Å². The number of hydrogen-bond donors (Lipinski definition) is 0. The van der Waals surface area contributed by atoms with Crippen molar-refractivity contribution in [3.63, 3.8) is 0 Å². The number of rotatable bonds is 4. The maximum Gasteiger partial charge on any atom is 1.00 e. The smallest absolute Gasteiger partial charge is 0.868 e. The molecule has 8 heteroatoms. The van der Waals surface area contributed by atoms with E-state index >= 15 is 0 Å². The Morgan fingerprint density at radius 2 is 1.78 bits per heavy atom. The summed E-state index contributed by atoms with van der Waals surface area (Å²) in [6.07, 6.45) is 0.577. The molecule has 0 N–H and O–H groups in total. The number of nitrogens with zero attached hydrogens (tertiary/aromatic N) is 2. The second-order valence-corrected chi connectivity index (χ2v) is 3.71. The summed E-state index contributed by atoms with van der Waals surface area (Å²) in [4.78, 5) is 19.6. The minimum absolute atomic E-state index is 0. The van der Waals surface area contributed by atoms with Crippen molar-refractivity contribution >= 4 is 11.4 Å². The Labute approximate surface area is 125 Å². The first-order valence-electron chi connectivity index (χ1n) is 5.02. The topological polar surface area (TPSA) is 109 Å². The molecule has 1 rings (SSSR count). The van der Waals surface area contributed by atoms with Gasteiger partial charge in [-0.2, -0.15) is 0 Å².